The molecule has 0 bridgehead atoms. The molecule has 3 rings (SSSR count). The predicted octanol–water partition coefficient (Wildman–Crippen LogP) is 0.492. The fraction of sp³-hybridized carbons (Fsp3) is 0.154. The molecule has 2 heterocycles. The van der Waals surface area contributed by atoms with E-state index in [0.29, 0.717) is 17.2 Å². The zero-order valence-electron chi connectivity index (χ0n) is 12.4. The lowest BCUT2D eigenvalue weighted by molar-refractivity contribution is -0.114. The molecule has 0 atom stereocenters. The van der Waals surface area contributed by atoms with E-state index in [1.165, 1.54) is 6.33 Å². The summed E-state index contributed by atoms with van der Waals surface area (Å²) in [4.78, 5) is 23.0. The molecule has 0 saturated heterocycles. The zero-order valence-corrected chi connectivity index (χ0v) is 13.2. The first kappa shape index (κ1) is 15.8. The van der Waals surface area contributed by atoms with Crippen LogP contribution in [0.4, 0.5) is 0 Å². The van der Waals surface area contributed by atoms with Crippen LogP contribution in [0.1, 0.15) is 0 Å². The van der Waals surface area contributed by atoms with Crippen molar-refractivity contribution in [2.75, 3.05) is 18.3 Å². The van der Waals surface area contributed by atoms with E-state index in [4.69, 9.17) is 9.15 Å². The van der Waals surface area contributed by atoms with E-state index in [9.17, 15) is 9.59 Å². The average molecular weight is 348 g/mol. The van der Waals surface area contributed by atoms with Gasteiger partial charge in [-0.1, -0.05) is 17.8 Å². The predicted molar refractivity (Wildman–Crippen MR) is 84.2 cm³/mol. The van der Waals surface area contributed by atoms with Crippen LogP contribution in [0.2, 0.25) is 0 Å². The van der Waals surface area contributed by atoms with E-state index in [-0.39, 0.29) is 11.0 Å². The number of thioether (sulfide) groups is 1. The summed E-state index contributed by atoms with van der Waals surface area (Å²) in [5.74, 6) is 0.578. The Hall–Kier alpha value is -3.08. The number of carbonyl (C=O) groups excluding carboxylic acids is 1. The van der Waals surface area contributed by atoms with Gasteiger partial charge >= 0.3 is 5.69 Å². The van der Waals surface area contributed by atoms with Gasteiger partial charge in [0, 0.05) is 5.56 Å². The lowest BCUT2D eigenvalue weighted by Gasteiger charge is -2.01. The van der Waals surface area contributed by atoms with Gasteiger partial charge in [-0.25, -0.2) is 9.89 Å². The highest BCUT2D eigenvalue weighted by atomic mass is 32.2. The Bertz CT molecular complexity index is 902. The molecule has 2 N–H and O–H groups in total. The first-order chi connectivity index (χ1) is 11.7. The molecule has 0 unspecified atom stereocenters. The van der Waals surface area contributed by atoms with Crippen molar-refractivity contribution >= 4 is 17.7 Å². The van der Waals surface area contributed by atoms with E-state index in [1.807, 2.05) is 6.07 Å². The lowest BCUT2D eigenvalue weighted by Crippen LogP contribution is -2.31. The molecule has 10 nitrogen and oxygen atoms in total. The van der Waals surface area contributed by atoms with Gasteiger partial charge in [0.15, 0.2) is 0 Å². The number of aromatic nitrogens is 5. The molecule has 2 aromatic heterocycles. The van der Waals surface area contributed by atoms with Crippen LogP contribution in [-0.4, -0.2) is 43.8 Å². The van der Waals surface area contributed by atoms with Gasteiger partial charge in [0.25, 0.3) is 5.22 Å². The van der Waals surface area contributed by atoms with Crippen molar-refractivity contribution < 1.29 is 13.9 Å². The molecule has 24 heavy (non-hydrogen) atoms. The Labute approximate surface area is 139 Å². The highest BCUT2D eigenvalue weighted by Gasteiger charge is 2.12. The Balaban J connectivity index is 1.60. The highest BCUT2D eigenvalue weighted by Crippen LogP contribution is 2.25. The molecule has 0 radical (unpaired) electrons. The number of hydrogen-bond donors (Lipinski definition) is 2. The van der Waals surface area contributed by atoms with Crippen LogP contribution in [0.5, 0.6) is 5.75 Å². The quantitative estimate of drug-likeness (QED) is 0.616. The highest BCUT2D eigenvalue weighted by molar-refractivity contribution is 7.99. The van der Waals surface area contributed by atoms with Crippen molar-refractivity contribution in [2.45, 2.75) is 5.22 Å². The van der Waals surface area contributed by atoms with Crippen molar-refractivity contribution in [3.05, 3.63) is 41.1 Å². The molecule has 0 spiro atoms. The number of nitrogens with zero attached hydrogens (tertiary/aromatic N) is 4. The summed E-state index contributed by atoms with van der Waals surface area (Å²) in [5.41, 5.74) is 2.53. The largest absolute Gasteiger partial charge is 0.497 e. The molecular formula is C13H12N6O4S. The minimum Gasteiger partial charge on any atom is -0.497 e. The first-order valence-electron chi connectivity index (χ1n) is 6.68. The number of benzene rings is 1. The van der Waals surface area contributed by atoms with Gasteiger partial charge in [-0.15, -0.1) is 10.2 Å². The smallest absolute Gasteiger partial charge is 0.362 e. The fourth-order valence-electron chi connectivity index (χ4n) is 1.76. The summed E-state index contributed by atoms with van der Waals surface area (Å²) in [7, 11) is 1.57. The molecule has 0 fully saturated rings. The van der Waals surface area contributed by atoms with Gasteiger partial charge in [0.1, 0.15) is 12.1 Å². The van der Waals surface area contributed by atoms with Crippen molar-refractivity contribution in [1.82, 2.24) is 25.1 Å². The van der Waals surface area contributed by atoms with Crippen LogP contribution in [0.15, 0.2) is 45.0 Å². The summed E-state index contributed by atoms with van der Waals surface area (Å²) < 4.78 is 11.6. The SMILES string of the molecule is COc1cccc(-c2nnc(SCC(=O)Nn3cn[nH]c3=O)o2)c1. The fourth-order valence-corrected chi connectivity index (χ4v) is 2.32. The van der Waals surface area contributed by atoms with Gasteiger partial charge in [0.2, 0.25) is 11.8 Å². The van der Waals surface area contributed by atoms with Crippen LogP contribution in [-0.2, 0) is 4.79 Å². The van der Waals surface area contributed by atoms with E-state index in [1.54, 1.807) is 25.3 Å². The summed E-state index contributed by atoms with van der Waals surface area (Å²) >= 11 is 1.05. The minimum absolute atomic E-state index is 0.00261. The molecule has 124 valence electrons. The van der Waals surface area contributed by atoms with Crippen LogP contribution in [0, 0.1) is 0 Å². The number of rotatable bonds is 6. The summed E-state index contributed by atoms with van der Waals surface area (Å²) in [6, 6.07) is 7.18. The van der Waals surface area contributed by atoms with Gasteiger partial charge in [-0.2, -0.15) is 9.77 Å². The number of aromatic amines is 1. The summed E-state index contributed by atoms with van der Waals surface area (Å²) in [6.45, 7) is 0. The van der Waals surface area contributed by atoms with Crippen molar-refractivity contribution in [3.8, 4) is 17.2 Å². The Morgan fingerprint density at radius 3 is 3.08 bits per heavy atom. The number of amides is 1. The van der Waals surface area contributed by atoms with Gasteiger partial charge in [-0.3, -0.25) is 10.2 Å². The molecule has 11 heteroatoms. The van der Waals surface area contributed by atoms with Crippen LogP contribution in [0.25, 0.3) is 11.5 Å². The summed E-state index contributed by atoms with van der Waals surface area (Å²) in [6.07, 6.45) is 1.17. The second-order valence-corrected chi connectivity index (χ2v) is 5.39. The second kappa shape index (κ2) is 7.00. The van der Waals surface area contributed by atoms with Crippen molar-refractivity contribution in [2.24, 2.45) is 0 Å². The van der Waals surface area contributed by atoms with E-state index < -0.39 is 11.6 Å². The maximum Gasteiger partial charge on any atom is 0.362 e. The normalized spacial score (nSPS) is 10.5. The molecule has 0 aliphatic carbocycles. The molecule has 0 aliphatic heterocycles. The number of H-pyrrole nitrogens is 1. The monoisotopic (exact) mass is 348 g/mol. The number of carbonyl (C=O) groups is 1. The number of ether oxygens (including phenoxy) is 1. The molecular weight excluding hydrogens is 336 g/mol. The third-order valence-electron chi connectivity index (χ3n) is 2.85. The Morgan fingerprint density at radius 1 is 1.46 bits per heavy atom. The van der Waals surface area contributed by atoms with Gasteiger partial charge in [-0.05, 0) is 18.2 Å². The molecule has 0 aliphatic rings. The lowest BCUT2D eigenvalue weighted by atomic mass is 10.2. The van der Waals surface area contributed by atoms with Gasteiger partial charge in [0.05, 0.1) is 12.9 Å². The number of methoxy groups -OCH3 is 1. The zero-order chi connectivity index (χ0) is 16.9. The van der Waals surface area contributed by atoms with Crippen LogP contribution in [0.3, 0.4) is 0 Å². The summed E-state index contributed by atoms with van der Waals surface area (Å²) in [5, 5.41) is 13.7. The number of nitrogens with one attached hydrogen (secondary N) is 2. The van der Waals surface area contributed by atoms with E-state index in [2.05, 4.69) is 25.8 Å². The maximum absolute atomic E-state index is 11.8. The molecule has 0 saturated carbocycles. The van der Waals surface area contributed by atoms with Crippen LogP contribution < -0.4 is 15.9 Å². The van der Waals surface area contributed by atoms with Crippen LogP contribution >= 0.6 is 11.8 Å². The minimum atomic E-state index is -0.536. The molecule has 1 amide bonds. The molecule has 3 aromatic rings. The third-order valence-corrected chi connectivity index (χ3v) is 3.67. The van der Waals surface area contributed by atoms with Crippen molar-refractivity contribution in [1.29, 1.82) is 0 Å². The average Bonchev–Trinajstić information content (AvgIpc) is 3.23. The maximum atomic E-state index is 11.8. The topological polar surface area (TPSA) is 128 Å². The van der Waals surface area contributed by atoms with E-state index in [0.717, 1.165) is 16.4 Å². The number of hydrogen-bond acceptors (Lipinski definition) is 8. The standard InChI is InChI=1S/C13H12N6O4S/c1-22-9-4-2-3-8(5-9)11-15-17-13(23-11)24-6-10(20)18-19-7-14-16-12(19)21/h2-5,7H,6H2,1H3,(H,16,21)(H,18,20). The Kier molecular flexibility index (Phi) is 4.61. The Morgan fingerprint density at radius 2 is 2.33 bits per heavy atom. The third kappa shape index (κ3) is 3.63. The van der Waals surface area contributed by atoms with Gasteiger partial charge < -0.3 is 9.15 Å². The van der Waals surface area contributed by atoms with Crippen molar-refractivity contribution in [3.63, 3.8) is 0 Å². The van der Waals surface area contributed by atoms with E-state index >= 15 is 0 Å². The second-order valence-electron chi connectivity index (χ2n) is 4.46. The first-order valence-corrected chi connectivity index (χ1v) is 7.67. The molecule has 1 aromatic carbocycles.